The molecule has 0 fully saturated rings. The molecular formula is C22H17IN2O3S. The number of halogens is 1. The lowest BCUT2D eigenvalue weighted by molar-refractivity contribution is -0.136. The van der Waals surface area contributed by atoms with E-state index in [0.29, 0.717) is 20.6 Å². The van der Waals surface area contributed by atoms with Gasteiger partial charge in [-0.25, -0.2) is 9.79 Å². The first-order chi connectivity index (χ1) is 14.0. The number of carbonyl (C=O) groups is 1. The molecule has 1 atom stereocenters. The third kappa shape index (κ3) is 3.72. The quantitative estimate of drug-likeness (QED) is 0.398. The Morgan fingerprint density at radius 3 is 2.66 bits per heavy atom. The van der Waals surface area contributed by atoms with Crippen LogP contribution in [0, 0.1) is 3.57 Å². The fraction of sp³-hybridized carbons (Fsp3) is 0.136. The fourth-order valence-electron chi connectivity index (χ4n) is 3.39. The minimum absolute atomic E-state index is 0.171. The van der Waals surface area contributed by atoms with E-state index >= 15 is 0 Å². The van der Waals surface area contributed by atoms with Gasteiger partial charge in [-0.05, 0) is 58.9 Å². The first-order valence-electron chi connectivity index (χ1n) is 8.91. The van der Waals surface area contributed by atoms with Crippen molar-refractivity contribution in [2.45, 2.75) is 13.0 Å². The Kier molecular flexibility index (Phi) is 5.51. The molecule has 29 heavy (non-hydrogen) atoms. The van der Waals surface area contributed by atoms with E-state index in [1.165, 1.54) is 18.4 Å². The molecule has 1 aliphatic rings. The summed E-state index contributed by atoms with van der Waals surface area (Å²) in [5.41, 5.74) is 2.56. The van der Waals surface area contributed by atoms with Gasteiger partial charge in [-0.1, -0.05) is 53.8 Å². The fourth-order valence-corrected chi connectivity index (χ4v) is 5.00. The Morgan fingerprint density at radius 1 is 1.21 bits per heavy atom. The van der Waals surface area contributed by atoms with Crippen molar-refractivity contribution in [3.05, 3.63) is 100 Å². The van der Waals surface area contributed by atoms with Crippen molar-refractivity contribution in [1.29, 1.82) is 0 Å². The van der Waals surface area contributed by atoms with Crippen molar-refractivity contribution in [3.63, 3.8) is 0 Å². The summed E-state index contributed by atoms with van der Waals surface area (Å²) in [4.78, 5) is 31.0. The van der Waals surface area contributed by atoms with Gasteiger partial charge in [0.15, 0.2) is 4.80 Å². The summed E-state index contributed by atoms with van der Waals surface area (Å²) in [7, 11) is 1.34. The number of hydrogen-bond acceptors (Lipinski definition) is 5. The Hall–Kier alpha value is -2.52. The maximum atomic E-state index is 13.4. The highest BCUT2D eigenvalue weighted by Gasteiger charge is 2.32. The van der Waals surface area contributed by atoms with Crippen molar-refractivity contribution in [3.8, 4) is 0 Å². The van der Waals surface area contributed by atoms with Crippen LogP contribution in [-0.4, -0.2) is 17.6 Å². The van der Waals surface area contributed by atoms with E-state index in [9.17, 15) is 9.59 Å². The summed E-state index contributed by atoms with van der Waals surface area (Å²) in [5.74, 6) is -0.480. The van der Waals surface area contributed by atoms with Crippen molar-refractivity contribution in [2.24, 2.45) is 4.99 Å². The molecule has 0 radical (unpaired) electrons. The lowest BCUT2D eigenvalue weighted by Gasteiger charge is -2.24. The minimum atomic E-state index is -0.571. The Morgan fingerprint density at radius 2 is 1.97 bits per heavy atom. The van der Waals surface area contributed by atoms with Crippen LogP contribution in [0.3, 0.4) is 0 Å². The highest BCUT2D eigenvalue weighted by atomic mass is 127. The molecule has 1 aromatic heterocycles. The van der Waals surface area contributed by atoms with E-state index in [-0.39, 0.29) is 5.56 Å². The van der Waals surface area contributed by atoms with Gasteiger partial charge in [-0.3, -0.25) is 9.36 Å². The molecule has 5 nitrogen and oxygen atoms in total. The highest BCUT2D eigenvalue weighted by Crippen LogP contribution is 2.30. The number of thiazole rings is 1. The van der Waals surface area contributed by atoms with Crippen LogP contribution in [0.4, 0.5) is 0 Å². The Bertz CT molecular complexity index is 1310. The smallest absolute Gasteiger partial charge is 0.338 e. The zero-order chi connectivity index (χ0) is 20.5. The number of nitrogens with zero attached hydrogens (tertiary/aromatic N) is 2. The molecule has 1 aliphatic heterocycles. The SMILES string of the molecule is COC(=O)C1=C(C)N=c2sc(=Cc3cccc(I)c3)c(=O)n2[C@@H]1c1ccccc1. The van der Waals surface area contributed by atoms with Crippen LogP contribution in [0.2, 0.25) is 0 Å². The van der Waals surface area contributed by atoms with Crippen LogP contribution in [0.25, 0.3) is 6.08 Å². The third-order valence-corrected chi connectivity index (χ3v) is 6.34. The zero-order valence-electron chi connectivity index (χ0n) is 15.8. The molecule has 0 amide bonds. The van der Waals surface area contributed by atoms with Gasteiger partial charge in [-0.2, -0.15) is 0 Å². The summed E-state index contributed by atoms with van der Waals surface area (Å²) in [6, 6.07) is 16.8. The largest absolute Gasteiger partial charge is 0.466 e. The van der Waals surface area contributed by atoms with Gasteiger partial charge in [-0.15, -0.1) is 0 Å². The third-order valence-electron chi connectivity index (χ3n) is 4.69. The second-order valence-electron chi connectivity index (χ2n) is 6.54. The van der Waals surface area contributed by atoms with Crippen LogP contribution >= 0.6 is 33.9 Å². The lowest BCUT2D eigenvalue weighted by atomic mass is 9.96. The van der Waals surface area contributed by atoms with Crippen LogP contribution in [-0.2, 0) is 9.53 Å². The monoisotopic (exact) mass is 516 g/mol. The van der Waals surface area contributed by atoms with E-state index in [2.05, 4.69) is 27.6 Å². The summed E-state index contributed by atoms with van der Waals surface area (Å²) >= 11 is 3.57. The molecule has 0 spiro atoms. The average molecular weight is 516 g/mol. The number of esters is 1. The number of allylic oxidation sites excluding steroid dienone is 1. The molecule has 0 saturated carbocycles. The van der Waals surface area contributed by atoms with Crippen LogP contribution in [0.15, 0.2) is 75.7 Å². The standard InChI is InChI=1S/C22H17IN2O3S/c1-13-18(21(27)28-2)19(15-8-4-3-5-9-15)25-20(26)17(29-22(25)24-13)12-14-7-6-10-16(23)11-14/h3-12,19H,1-2H3/t19-/m1/s1. The molecule has 4 rings (SSSR count). The first kappa shape index (κ1) is 19.8. The average Bonchev–Trinajstić information content (AvgIpc) is 3.02. The number of hydrogen-bond donors (Lipinski definition) is 0. The maximum Gasteiger partial charge on any atom is 0.338 e. The zero-order valence-corrected chi connectivity index (χ0v) is 18.7. The van der Waals surface area contributed by atoms with Gasteiger partial charge in [0.25, 0.3) is 5.56 Å². The van der Waals surface area contributed by atoms with Gasteiger partial charge in [0.2, 0.25) is 0 Å². The molecule has 7 heteroatoms. The van der Waals surface area contributed by atoms with Crippen molar-refractivity contribution in [2.75, 3.05) is 7.11 Å². The van der Waals surface area contributed by atoms with E-state index in [1.807, 2.05) is 60.7 Å². The molecule has 0 bridgehead atoms. The molecule has 146 valence electrons. The number of methoxy groups -OCH3 is 1. The van der Waals surface area contributed by atoms with Crippen molar-refractivity contribution >= 4 is 46.0 Å². The number of benzene rings is 2. The number of aromatic nitrogens is 1. The molecule has 0 aliphatic carbocycles. The maximum absolute atomic E-state index is 13.4. The van der Waals surface area contributed by atoms with Gasteiger partial charge in [0.1, 0.15) is 0 Å². The number of carbonyl (C=O) groups excluding carboxylic acids is 1. The van der Waals surface area contributed by atoms with Crippen LogP contribution in [0.5, 0.6) is 0 Å². The van der Waals surface area contributed by atoms with Gasteiger partial charge >= 0.3 is 5.97 Å². The lowest BCUT2D eigenvalue weighted by Crippen LogP contribution is -2.39. The number of ether oxygens (including phenoxy) is 1. The summed E-state index contributed by atoms with van der Waals surface area (Å²) in [6.45, 7) is 1.78. The number of fused-ring (bicyclic) bond motifs is 1. The molecule has 3 aromatic rings. The summed E-state index contributed by atoms with van der Waals surface area (Å²) < 4.78 is 8.27. The Balaban J connectivity index is 1.98. The van der Waals surface area contributed by atoms with Crippen molar-refractivity contribution in [1.82, 2.24) is 4.57 Å². The molecular weight excluding hydrogens is 499 g/mol. The molecule has 2 aromatic carbocycles. The second-order valence-corrected chi connectivity index (χ2v) is 8.79. The molecule has 0 saturated heterocycles. The van der Waals surface area contributed by atoms with E-state index in [0.717, 1.165) is 14.7 Å². The first-order valence-corrected chi connectivity index (χ1v) is 10.8. The topological polar surface area (TPSA) is 60.7 Å². The van der Waals surface area contributed by atoms with Gasteiger partial charge < -0.3 is 4.74 Å². The minimum Gasteiger partial charge on any atom is -0.466 e. The summed E-state index contributed by atoms with van der Waals surface area (Å²) in [6.07, 6.45) is 1.87. The number of rotatable bonds is 3. The van der Waals surface area contributed by atoms with E-state index < -0.39 is 12.0 Å². The van der Waals surface area contributed by atoms with Crippen molar-refractivity contribution < 1.29 is 9.53 Å². The van der Waals surface area contributed by atoms with Gasteiger partial charge in [0, 0.05) is 3.57 Å². The Labute approximate surface area is 184 Å². The van der Waals surface area contributed by atoms with E-state index in [4.69, 9.17) is 4.74 Å². The predicted octanol–water partition coefficient (Wildman–Crippen LogP) is 3.01. The second kappa shape index (κ2) is 8.08. The van der Waals surface area contributed by atoms with Crippen LogP contribution in [0.1, 0.15) is 24.1 Å². The highest BCUT2D eigenvalue weighted by molar-refractivity contribution is 14.1. The van der Waals surface area contributed by atoms with Crippen LogP contribution < -0.4 is 14.9 Å². The molecule has 2 heterocycles. The van der Waals surface area contributed by atoms with Gasteiger partial charge in [0.05, 0.1) is 29.0 Å². The predicted molar refractivity (Wildman–Crippen MR) is 121 cm³/mol. The van der Waals surface area contributed by atoms with E-state index in [1.54, 1.807) is 11.5 Å². The summed E-state index contributed by atoms with van der Waals surface area (Å²) in [5, 5.41) is 0. The molecule has 0 unspecified atom stereocenters. The normalized spacial score (nSPS) is 16.4. The molecule has 0 N–H and O–H groups in total.